The van der Waals surface area contributed by atoms with Crippen molar-refractivity contribution in [1.82, 2.24) is 9.88 Å². The number of piperidine rings is 1. The Balaban J connectivity index is 1.65. The number of halogens is 1. The summed E-state index contributed by atoms with van der Waals surface area (Å²) in [5, 5.41) is 20.5. The van der Waals surface area contributed by atoms with Crippen LogP contribution in [0, 0.1) is 5.82 Å². The molecule has 3 rings (SSSR count). The molecule has 1 aliphatic rings. The zero-order valence-electron chi connectivity index (χ0n) is 13.2. The number of carbonyl (C=O) groups excluding carboxylic acids is 1. The van der Waals surface area contributed by atoms with Crippen LogP contribution in [-0.4, -0.2) is 44.7 Å². The highest BCUT2D eigenvalue weighted by atomic mass is 19.1. The van der Waals surface area contributed by atoms with E-state index in [9.17, 15) is 19.4 Å². The number of carbonyl (C=O) groups is 1. The molecule has 24 heavy (non-hydrogen) atoms. The van der Waals surface area contributed by atoms with E-state index in [2.05, 4.69) is 4.98 Å². The van der Waals surface area contributed by atoms with Gasteiger partial charge in [0.25, 0.3) is 5.91 Å². The molecule has 1 aliphatic heterocycles. The molecule has 1 saturated heterocycles. The molecule has 1 amide bonds. The molecule has 1 aromatic carbocycles. The van der Waals surface area contributed by atoms with Gasteiger partial charge < -0.3 is 15.1 Å². The minimum Gasteiger partial charge on any atom is -0.505 e. The number of aromatic hydroxyl groups is 1. The predicted octanol–water partition coefficient (Wildman–Crippen LogP) is 2.14. The van der Waals surface area contributed by atoms with Crippen molar-refractivity contribution >= 4 is 5.91 Å². The molecule has 0 aliphatic carbocycles. The average Bonchev–Trinajstić information content (AvgIpc) is 2.55. The van der Waals surface area contributed by atoms with Crippen molar-refractivity contribution in [1.29, 1.82) is 0 Å². The van der Waals surface area contributed by atoms with E-state index in [1.54, 1.807) is 23.1 Å². The first kappa shape index (κ1) is 16.4. The molecule has 126 valence electrons. The maximum atomic E-state index is 13.3. The topological polar surface area (TPSA) is 73.7 Å². The van der Waals surface area contributed by atoms with Gasteiger partial charge >= 0.3 is 0 Å². The third kappa shape index (κ3) is 3.54. The fraction of sp³-hybridized carbons (Fsp3) is 0.333. The van der Waals surface area contributed by atoms with Gasteiger partial charge in [0, 0.05) is 25.7 Å². The molecule has 2 aromatic rings. The maximum Gasteiger partial charge on any atom is 0.276 e. The summed E-state index contributed by atoms with van der Waals surface area (Å²) in [6.07, 6.45) is 2.59. The Morgan fingerprint density at radius 3 is 2.67 bits per heavy atom. The third-order valence-corrected chi connectivity index (χ3v) is 4.39. The Bertz CT molecular complexity index is 743. The fourth-order valence-corrected chi connectivity index (χ4v) is 3.04. The van der Waals surface area contributed by atoms with E-state index in [4.69, 9.17) is 0 Å². The van der Waals surface area contributed by atoms with Gasteiger partial charge in [-0.3, -0.25) is 4.79 Å². The average molecular weight is 330 g/mol. The van der Waals surface area contributed by atoms with Crippen LogP contribution >= 0.6 is 0 Å². The van der Waals surface area contributed by atoms with E-state index in [1.807, 2.05) is 0 Å². The molecule has 1 aromatic heterocycles. The summed E-state index contributed by atoms with van der Waals surface area (Å²) >= 11 is 0. The van der Waals surface area contributed by atoms with Crippen LogP contribution in [-0.2, 0) is 6.42 Å². The van der Waals surface area contributed by atoms with Crippen LogP contribution in [0.1, 0.15) is 28.9 Å². The van der Waals surface area contributed by atoms with Crippen molar-refractivity contribution in [2.24, 2.45) is 0 Å². The zero-order valence-corrected chi connectivity index (χ0v) is 13.2. The van der Waals surface area contributed by atoms with Gasteiger partial charge in [0.15, 0.2) is 5.69 Å². The van der Waals surface area contributed by atoms with Gasteiger partial charge in [0.2, 0.25) is 0 Å². The van der Waals surface area contributed by atoms with Crippen molar-refractivity contribution in [3.8, 4) is 5.75 Å². The van der Waals surface area contributed by atoms with Crippen molar-refractivity contribution in [3.05, 3.63) is 59.7 Å². The van der Waals surface area contributed by atoms with E-state index < -0.39 is 5.60 Å². The standard InChI is InChI=1S/C18H19FN2O3/c19-14-4-1-3-13(11-14)12-18(24)6-9-21(10-7-18)17(23)16-15(22)5-2-8-20-16/h1-5,8,11,22,24H,6-7,9-10,12H2. The molecule has 0 atom stereocenters. The highest BCUT2D eigenvalue weighted by Crippen LogP contribution is 2.28. The third-order valence-electron chi connectivity index (χ3n) is 4.39. The van der Waals surface area contributed by atoms with Gasteiger partial charge in [-0.25, -0.2) is 9.37 Å². The van der Waals surface area contributed by atoms with Gasteiger partial charge in [-0.2, -0.15) is 0 Å². The summed E-state index contributed by atoms with van der Waals surface area (Å²) in [6, 6.07) is 9.17. The summed E-state index contributed by atoms with van der Waals surface area (Å²) in [7, 11) is 0. The largest absolute Gasteiger partial charge is 0.505 e. The number of hydrogen-bond donors (Lipinski definition) is 2. The minimum atomic E-state index is -0.962. The molecule has 0 spiro atoms. The number of nitrogens with zero attached hydrogens (tertiary/aromatic N) is 2. The van der Waals surface area contributed by atoms with Gasteiger partial charge in [-0.05, 0) is 42.7 Å². The predicted molar refractivity (Wildman–Crippen MR) is 86.1 cm³/mol. The van der Waals surface area contributed by atoms with Crippen molar-refractivity contribution in [2.45, 2.75) is 24.9 Å². The first-order valence-electron chi connectivity index (χ1n) is 7.87. The number of hydrogen-bond acceptors (Lipinski definition) is 4. The van der Waals surface area contributed by atoms with Crippen LogP contribution in [0.25, 0.3) is 0 Å². The first-order chi connectivity index (χ1) is 11.5. The van der Waals surface area contributed by atoms with Gasteiger partial charge in [0.1, 0.15) is 11.6 Å². The lowest BCUT2D eigenvalue weighted by Crippen LogP contribution is -2.47. The summed E-state index contributed by atoms with van der Waals surface area (Å²) in [5.74, 6) is -0.821. The van der Waals surface area contributed by atoms with Crippen molar-refractivity contribution in [2.75, 3.05) is 13.1 Å². The number of likely N-dealkylation sites (tertiary alicyclic amines) is 1. The molecule has 2 heterocycles. The molecule has 5 nitrogen and oxygen atoms in total. The number of pyridine rings is 1. The second-order valence-electron chi connectivity index (χ2n) is 6.19. The molecule has 0 saturated carbocycles. The van der Waals surface area contributed by atoms with Crippen LogP contribution in [0.2, 0.25) is 0 Å². The lowest BCUT2D eigenvalue weighted by atomic mass is 9.85. The van der Waals surface area contributed by atoms with E-state index >= 15 is 0 Å². The van der Waals surface area contributed by atoms with E-state index in [0.717, 1.165) is 5.56 Å². The molecule has 0 unspecified atom stereocenters. The molecule has 0 radical (unpaired) electrons. The fourth-order valence-electron chi connectivity index (χ4n) is 3.04. The van der Waals surface area contributed by atoms with Crippen LogP contribution in [0.3, 0.4) is 0 Å². The molecule has 6 heteroatoms. The Labute approximate surface area is 139 Å². The summed E-state index contributed by atoms with van der Waals surface area (Å²) in [6.45, 7) is 0.724. The van der Waals surface area contributed by atoms with Crippen molar-refractivity contribution in [3.63, 3.8) is 0 Å². The highest BCUT2D eigenvalue weighted by Gasteiger charge is 2.35. The molecule has 0 bridgehead atoms. The van der Waals surface area contributed by atoms with Gasteiger partial charge in [0.05, 0.1) is 5.60 Å². The van der Waals surface area contributed by atoms with Gasteiger partial charge in [-0.15, -0.1) is 0 Å². The molecule has 2 N–H and O–H groups in total. The lowest BCUT2D eigenvalue weighted by molar-refractivity contribution is -0.0164. The number of aromatic nitrogens is 1. The smallest absolute Gasteiger partial charge is 0.276 e. The van der Waals surface area contributed by atoms with Crippen molar-refractivity contribution < 1.29 is 19.4 Å². The number of benzene rings is 1. The minimum absolute atomic E-state index is 0.0214. The SMILES string of the molecule is O=C(c1ncccc1O)N1CCC(O)(Cc2cccc(F)c2)CC1. The summed E-state index contributed by atoms with van der Waals surface area (Å²) in [4.78, 5) is 17.9. The number of aliphatic hydroxyl groups is 1. The molecular formula is C18H19FN2O3. The maximum absolute atomic E-state index is 13.3. The summed E-state index contributed by atoms with van der Waals surface area (Å²) in [5.41, 5.74) is -0.204. The molecular weight excluding hydrogens is 311 g/mol. The van der Waals surface area contributed by atoms with Gasteiger partial charge in [-0.1, -0.05) is 12.1 Å². The highest BCUT2D eigenvalue weighted by molar-refractivity contribution is 5.94. The van der Waals surface area contributed by atoms with E-state index in [-0.39, 0.29) is 23.2 Å². The monoisotopic (exact) mass is 330 g/mol. The van der Waals surface area contributed by atoms with Crippen LogP contribution < -0.4 is 0 Å². The Kier molecular flexibility index (Phi) is 4.49. The van der Waals surface area contributed by atoms with E-state index in [1.165, 1.54) is 24.4 Å². The van der Waals surface area contributed by atoms with Crippen LogP contribution in [0.15, 0.2) is 42.6 Å². The van der Waals surface area contributed by atoms with Crippen LogP contribution in [0.5, 0.6) is 5.75 Å². The zero-order chi connectivity index (χ0) is 17.2. The summed E-state index contributed by atoms with van der Waals surface area (Å²) < 4.78 is 13.3. The van der Waals surface area contributed by atoms with Crippen LogP contribution in [0.4, 0.5) is 4.39 Å². The second kappa shape index (κ2) is 6.57. The Morgan fingerprint density at radius 2 is 2.00 bits per heavy atom. The lowest BCUT2D eigenvalue weighted by Gasteiger charge is -2.38. The second-order valence-corrected chi connectivity index (χ2v) is 6.19. The van der Waals surface area contributed by atoms with E-state index in [0.29, 0.717) is 32.4 Å². The quantitative estimate of drug-likeness (QED) is 0.904. The Morgan fingerprint density at radius 1 is 1.25 bits per heavy atom. The molecule has 1 fully saturated rings. The Hall–Kier alpha value is -2.47. The normalized spacial score (nSPS) is 16.8. The first-order valence-corrected chi connectivity index (χ1v) is 7.87. The number of amides is 1. The number of rotatable bonds is 3.